The smallest absolute Gasteiger partial charge is 0.338 e. The Bertz CT molecular complexity index is 1190. The molecule has 0 unspecified atom stereocenters. The molecule has 3 aromatic carbocycles. The minimum atomic E-state index is -0.392. The van der Waals surface area contributed by atoms with E-state index < -0.39 is 5.97 Å². The van der Waals surface area contributed by atoms with Gasteiger partial charge < -0.3 is 19.9 Å². The molecule has 35 heavy (non-hydrogen) atoms. The Morgan fingerprint density at radius 2 is 1.71 bits per heavy atom. The quantitative estimate of drug-likeness (QED) is 0.340. The van der Waals surface area contributed by atoms with Crippen LogP contribution in [0.3, 0.4) is 0 Å². The van der Waals surface area contributed by atoms with Gasteiger partial charge in [-0.25, -0.2) is 9.59 Å². The van der Waals surface area contributed by atoms with Gasteiger partial charge in [-0.3, -0.25) is 0 Å². The number of quaternary nitrogens is 1. The van der Waals surface area contributed by atoms with Crippen molar-refractivity contribution in [2.45, 2.75) is 51.2 Å². The third-order valence-electron chi connectivity index (χ3n) is 7.03. The van der Waals surface area contributed by atoms with Gasteiger partial charge in [0.2, 0.25) is 0 Å². The number of ether oxygens (including phenoxy) is 1. The molecule has 0 saturated heterocycles. The van der Waals surface area contributed by atoms with E-state index in [0.717, 1.165) is 30.3 Å². The standard InChI is InChI=1S/C29H35N3O3/c1-4-35-28(33)22-13-10-15-24(19-22)30-29(34)31-26-17-7-8-18-27(26)32(2,3)20-23-14-9-12-21-11-5-6-16-25(21)23/h5-6,9-16,19,26-27H,4,7-8,17-18,20H2,1-3H3,(H-,30,31,34)/p+1/t26-,27-/m0/s1. The zero-order valence-corrected chi connectivity index (χ0v) is 20.9. The summed E-state index contributed by atoms with van der Waals surface area (Å²) >= 11 is 0. The number of nitrogens with one attached hydrogen (secondary N) is 2. The fourth-order valence-corrected chi connectivity index (χ4v) is 5.38. The number of esters is 1. The van der Waals surface area contributed by atoms with Crippen LogP contribution in [-0.4, -0.2) is 49.3 Å². The lowest BCUT2D eigenvalue weighted by Gasteiger charge is -2.44. The number of urea groups is 1. The van der Waals surface area contributed by atoms with Gasteiger partial charge in [0.25, 0.3) is 0 Å². The summed E-state index contributed by atoms with van der Waals surface area (Å²) < 4.78 is 5.87. The normalized spacial score (nSPS) is 18.1. The first kappa shape index (κ1) is 24.7. The van der Waals surface area contributed by atoms with E-state index in [1.807, 2.05) is 0 Å². The summed E-state index contributed by atoms with van der Waals surface area (Å²) in [5, 5.41) is 8.70. The molecule has 2 N–H and O–H groups in total. The number of nitrogens with zero attached hydrogens (tertiary/aromatic N) is 1. The SMILES string of the molecule is CCOC(=O)c1cccc(NC(=O)N[C@H]2CCCC[C@@H]2[N+](C)(C)Cc2cccc3ccccc23)c1. The molecule has 0 radical (unpaired) electrons. The van der Waals surface area contributed by atoms with Crippen molar-refractivity contribution < 1.29 is 18.8 Å². The largest absolute Gasteiger partial charge is 0.462 e. The molecule has 184 valence electrons. The fraction of sp³-hybridized carbons (Fsp3) is 0.379. The lowest BCUT2D eigenvalue weighted by Crippen LogP contribution is -2.60. The van der Waals surface area contributed by atoms with Crippen molar-refractivity contribution in [1.82, 2.24) is 5.32 Å². The van der Waals surface area contributed by atoms with E-state index in [9.17, 15) is 9.59 Å². The van der Waals surface area contributed by atoms with Crippen molar-refractivity contribution in [2.24, 2.45) is 0 Å². The molecule has 1 aliphatic rings. The average Bonchev–Trinajstić information content (AvgIpc) is 2.84. The van der Waals surface area contributed by atoms with Crippen molar-refractivity contribution >= 4 is 28.5 Å². The predicted octanol–water partition coefficient (Wildman–Crippen LogP) is 5.73. The summed E-state index contributed by atoms with van der Waals surface area (Å²) in [5.41, 5.74) is 2.33. The van der Waals surface area contributed by atoms with Crippen LogP contribution in [0.1, 0.15) is 48.5 Å². The predicted molar refractivity (Wildman–Crippen MR) is 140 cm³/mol. The maximum absolute atomic E-state index is 12.9. The Morgan fingerprint density at radius 3 is 2.54 bits per heavy atom. The first-order valence-corrected chi connectivity index (χ1v) is 12.5. The summed E-state index contributed by atoms with van der Waals surface area (Å²) in [6.07, 6.45) is 4.30. The zero-order chi connectivity index (χ0) is 24.8. The molecule has 2 atom stereocenters. The Balaban J connectivity index is 1.46. The van der Waals surface area contributed by atoms with Gasteiger partial charge in [-0.1, -0.05) is 55.0 Å². The van der Waals surface area contributed by atoms with E-state index in [4.69, 9.17) is 4.74 Å². The van der Waals surface area contributed by atoms with Crippen molar-refractivity contribution in [1.29, 1.82) is 0 Å². The van der Waals surface area contributed by atoms with Crippen molar-refractivity contribution in [2.75, 3.05) is 26.0 Å². The van der Waals surface area contributed by atoms with Crippen LogP contribution in [-0.2, 0) is 11.3 Å². The summed E-state index contributed by atoms with van der Waals surface area (Å²) in [6.45, 7) is 2.98. The Labute approximate surface area is 207 Å². The van der Waals surface area contributed by atoms with E-state index in [1.54, 1.807) is 31.2 Å². The molecular weight excluding hydrogens is 438 g/mol. The molecule has 0 aliphatic heterocycles. The van der Waals surface area contributed by atoms with Gasteiger partial charge in [0, 0.05) is 17.7 Å². The second kappa shape index (κ2) is 10.9. The van der Waals surface area contributed by atoms with Gasteiger partial charge >= 0.3 is 12.0 Å². The third kappa shape index (κ3) is 6.01. The lowest BCUT2D eigenvalue weighted by atomic mass is 9.87. The van der Waals surface area contributed by atoms with Crippen molar-refractivity contribution in [3.05, 3.63) is 77.9 Å². The van der Waals surface area contributed by atoms with Gasteiger partial charge in [-0.2, -0.15) is 0 Å². The molecule has 0 heterocycles. The van der Waals surface area contributed by atoms with E-state index in [1.165, 1.54) is 22.8 Å². The first-order valence-electron chi connectivity index (χ1n) is 12.5. The number of fused-ring (bicyclic) bond motifs is 1. The van der Waals surface area contributed by atoms with Crippen LogP contribution in [0.25, 0.3) is 10.8 Å². The maximum atomic E-state index is 12.9. The number of hydrogen-bond acceptors (Lipinski definition) is 3. The minimum absolute atomic E-state index is 0.0713. The van der Waals surface area contributed by atoms with Gasteiger partial charge in [0.1, 0.15) is 12.6 Å². The highest BCUT2D eigenvalue weighted by molar-refractivity contribution is 5.94. The van der Waals surface area contributed by atoms with Gasteiger partial charge in [-0.15, -0.1) is 0 Å². The monoisotopic (exact) mass is 474 g/mol. The molecule has 0 aromatic heterocycles. The summed E-state index contributed by atoms with van der Waals surface area (Å²) in [5.74, 6) is -0.392. The van der Waals surface area contributed by atoms with Gasteiger partial charge in [-0.05, 0) is 48.7 Å². The molecule has 0 spiro atoms. The molecule has 1 fully saturated rings. The molecule has 0 bridgehead atoms. The van der Waals surface area contributed by atoms with Crippen LogP contribution in [0.5, 0.6) is 0 Å². The number of carbonyl (C=O) groups excluding carboxylic acids is 2. The highest BCUT2D eigenvalue weighted by Crippen LogP contribution is 2.30. The van der Waals surface area contributed by atoms with Crippen LogP contribution in [0.2, 0.25) is 0 Å². The summed E-state index contributed by atoms with van der Waals surface area (Å²) in [7, 11) is 4.54. The Morgan fingerprint density at radius 1 is 0.971 bits per heavy atom. The zero-order valence-electron chi connectivity index (χ0n) is 20.9. The molecule has 1 saturated carbocycles. The number of rotatable bonds is 7. The molecular formula is C29H36N3O3+. The van der Waals surface area contributed by atoms with Gasteiger partial charge in [0.05, 0.1) is 32.3 Å². The average molecular weight is 475 g/mol. The van der Waals surface area contributed by atoms with E-state index in [-0.39, 0.29) is 12.1 Å². The Kier molecular flexibility index (Phi) is 7.71. The second-order valence-corrected chi connectivity index (χ2v) is 9.93. The van der Waals surface area contributed by atoms with Crippen LogP contribution in [0.15, 0.2) is 66.7 Å². The third-order valence-corrected chi connectivity index (χ3v) is 7.03. The molecule has 3 aromatic rings. The maximum Gasteiger partial charge on any atom is 0.338 e. The van der Waals surface area contributed by atoms with Gasteiger partial charge in [0.15, 0.2) is 0 Å². The summed E-state index contributed by atoms with van der Waals surface area (Å²) in [4.78, 5) is 25.0. The molecule has 2 amide bonds. The molecule has 6 heteroatoms. The van der Waals surface area contributed by atoms with Crippen LogP contribution >= 0.6 is 0 Å². The first-order chi connectivity index (χ1) is 16.9. The fourth-order valence-electron chi connectivity index (χ4n) is 5.38. The number of likely N-dealkylation sites (N-methyl/N-ethyl adjacent to an activating group) is 1. The number of anilines is 1. The Hall–Kier alpha value is -3.38. The lowest BCUT2D eigenvalue weighted by molar-refractivity contribution is -0.930. The molecule has 6 nitrogen and oxygen atoms in total. The molecule has 4 rings (SSSR count). The number of hydrogen-bond donors (Lipinski definition) is 2. The number of benzene rings is 3. The van der Waals surface area contributed by atoms with Crippen LogP contribution < -0.4 is 10.6 Å². The highest BCUT2D eigenvalue weighted by Gasteiger charge is 2.38. The van der Waals surface area contributed by atoms with E-state index >= 15 is 0 Å². The number of carbonyl (C=O) groups is 2. The summed E-state index contributed by atoms with van der Waals surface area (Å²) in [6, 6.07) is 22.0. The second-order valence-electron chi connectivity index (χ2n) is 9.93. The van der Waals surface area contributed by atoms with Crippen molar-refractivity contribution in [3.8, 4) is 0 Å². The highest BCUT2D eigenvalue weighted by atomic mass is 16.5. The topological polar surface area (TPSA) is 67.4 Å². The molecule has 1 aliphatic carbocycles. The van der Waals surface area contributed by atoms with Crippen molar-refractivity contribution in [3.63, 3.8) is 0 Å². The van der Waals surface area contributed by atoms with E-state index in [2.05, 4.69) is 67.2 Å². The number of amides is 2. The van der Waals surface area contributed by atoms with Crippen LogP contribution in [0.4, 0.5) is 10.5 Å². The van der Waals surface area contributed by atoms with Crippen LogP contribution in [0, 0.1) is 0 Å². The van der Waals surface area contributed by atoms with E-state index in [0.29, 0.717) is 23.9 Å². The minimum Gasteiger partial charge on any atom is -0.462 e.